The van der Waals surface area contributed by atoms with E-state index in [2.05, 4.69) is 10.3 Å². The van der Waals surface area contributed by atoms with Crippen molar-refractivity contribution in [1.82, 2.24) is 9.55 Å². The van der Waals surface area contributed by atoms with E-state index in [0.29, 0.717) is 28.2 Å². The second-order valence-corrected chi connectivity index (χ2v) is 7.30. The Morgan fingerprint density at radius 3 is 2.72 bits per heavy atom. The van der Waals surface area contributed by atoms with Crippen molar-refractivity contribution in [1.29, 1.82) is 0 Å². The standard InChI is InChI=1S/C21H18ClN3O4/c1-12(19(26)23-15-7-5-14(22)6-8-15)29-21(28)13-4-9-16-17(11-13)24-18-3-2-10-25(18)20(16)27/h4-9,11-12H,2-3,10H2,1H3,(H,23,26)/t12-/m1/s1. The van der Waals surface area contributed by atoms with Crippen molar-refractivity contribution in [2.75, 3.05) is 5.32 Å². The van der Waals surface area contributed by atoms with Crippen molar-refractivity contribution >= 4 is 40.1 Å². The van der Waals surface area contributed by atoms with E-state index in [1.807, 2.05) is 0 Å². The normalized spacial score (nSPS) is 13.7. The summed E-state index contributed by atoms with van der Waals surface area (Å²) in [6, 6.07) is 11.2. The van der Waals surface area contributed by atoms with Crippen LogP contribution in [0.4, 0.5) is 5.69 Å². The number of hydrogen-bond acceptors (Lipinski definition) is 5. The number of aryl methyl sites for hydroxylation is 1. The van der Waals surface area contributed by atoms with Gasteiger partial charge in [0.05, 0.1) is 16.5 Å². The molecule has 1 amide bonds. The van der Waals surface area contributed by atoms with Crippen LogP contribution in [0.3, 0.4) is 0 Å². The molecule has 3 aromatic rings. The summed E-state index contributed by atoms with van der Waals surface area (Å²) in [5.41, 5.74) is 1.14. The van der Waals surface area contributed by atoms with Gasteiger partial charge in [-0.15, -0.1) is 0 Å². The maximum Gasteiger partial charge on any atom is 0.338 e. The first-order chi connectivity index (χ1) is 13.9. The van der Waals surface area contributed by atoms with E-state index in [1.165, 1.54) is 19.1 Å². The zero-order valence-corrected chi connectivity index (χ0v) is 16.4. The van der Waals surface area contributed by atoms with Gasteiger partial charge in [0.1, 0.15) is 5.82 Å². The second-order valence-electron chi connectivity index (χ2n) is 6.86. The molecule has 0 aliphatic carbocycles. The molecule has 0 saturated carbocycles. The molecule has 4 rings (SSSR count). The van der Waals surface area contributed by atoms with Crippen molar-refractivity contribution in [3.8, 4) is 0 Å². The van der Waals surface area contributed by atoms with Crippen LogP contribution >= 0.6 is 11.6 Å². The maximum absolute atomic E-state index is 12.5. The fraction of sp³-hybridized carbons (Fsp3) is 0.238. The fourth-order valence-electron chi connectivity index (χ4n) is 3.27. The first kappa shape index (κ1) is 19.1. The van der Waals surface area contributed by atoms with Gasteiger partial charge in [-0.05, 0) is 55.8 Å². The number of nitrogens with zero attached hydrogens (tertiary/aromatic N) is 2. The number of esters is 1. The lowest BCUT2D eigenvalue weighted by molar-refractivity contribution is -0.123. The Balaban J connectivity index is 1.49. The van der Waals surface area contributed by atoms with Crippen LogP contribution in [-0.4, -0.2) is 27.5 Å². The Morgan fingerprint density at radius 2 is 1.97 bits per heavy atom. The van der Waals surface area contributed by atoms with Crippen molar-refractivity contribution in [2.45, 2.75) is 32.4 Å². The van der Waals surface area contributed by atoms with Crippen molar-refractivity contribution in [3.63, 3.8) is 0 Å². The van der Waals surface area contributed by atoms with E-state index in [1.54, 1.807) is 34.9 Å². The van der Waals surface area contributed by atoms with E-state index in [9.17, 15) is 14.4 Å². The molecule has 8 heteroatoms. The van der Waals surface area contributed by atoms with Gasteiger partial charge in [0, 0.05) is 23.7 Å². The average Bonchev–Trinajstić information content (AvgIpc) is 3.18. The number of anilines is 1. The van der Waals surface area contributed by atoms with E-state index in [0.717, 1.165) is 18.7 Å². The number of fused-ring (bicyclic) bond motifs is 2. The first-order valence-corrected chi connectivity index (χ1v) is 9.61. The molecule has 0 fully saturated rings. The molecule has 1 atom stereocenters. The summed E-state index contributed by atoms with van der Waals surface area (Å²) >= 11 is 5.82. The third kappa shape index (κ3) is 3.86. The summed E-state index contributed by atoms with van der Waals surface area (Å²) in [6.45, 7) is 2.16. The zero-order valence-electron chi connectivity index (χ0n) is 15.6. The quantitative estimate of drug-likeness (QED) is 0.666. The molecule has 148 valence electrons. The van der Waals surface area contributed by atoms with Crippen LogP contribution in [0.5, 0.6) is 0 Å². The summed E-state index contributed by atoms with van der Waals surface area (Å²) in [5.74, 6) is -0.396. The SMILES string of the molecule is C[C@@H](OC(=O)c1ccc2c(=O)n3c(nc2c1)CCC3)C(=O)Nc1ccc(Cl)cc1. The highest BCUT2D eigenvalue weighted by Gasteiger charge is 2.21. The van der Waals surface area contributed by atoms with Gasteiger partial charge in [0.15, 0.2) is 6.10 Å². The number of carbonyl (C=O) groups is 2. The van der Waals surface area contributed by atoms with Gasteiger partial charge in [0.2, 0.25) is 0 Å². The molecule has 0 spiro atoms. The topological polar surface area (TPSA) is 90.3 Å². The number of nitrogens with one attached hydrogen (secondary N) is 1. The average molecular weight is 412 g/mol. The summed E-state index contributed by atoms with van der Waals surface area (Å²) in [5, 5.41) is 3.67. The highest BCUT2D eigenvalue weighted by molar-refractivity contribution is 6.30. The summed E-state index contributed by atoms with van der Waals surface area (Å²) < 4.78 is 6.95. The van der Waals surface area contributed by atoms with Crippen LogP contribution in [0.2, 0.25) is 5.02 Å². The van der Waals surface area contributed by atoms with Gasteiger partial charge in [-0.25, -0.2) is 9.78 Å². The fourth-order valence-corrected chi connectivity index (χ4v) is 3.40. The van der Waals surface area contributed by atoms with Crippen LogP contribution in [0.1, 0.15) is 29.5 Å². The van der Waals surface area contributed by atoms with Crippen molar-refractivity contribution in [2.24, 2.45) is 0 Å². The van der Waals surface area contributed by atoms with Crippen LogP contribution in [-0.2, 0) is 22.5 Å². The Hall–Kier alpha value is -3.19. The van der Waals surface area contributed by atoms with E-state index >= 15 is 0 Å². The highest BCUT2D eigenvalue weighted by atomic mass is 35.5. The minimum Gasteiger partial charge on any atom is -0.449 e. The number of benzene rings is 2. The molecule has 0 saturated heterocycles. The Kier molecular flexibility index (Phi) is 5.07. The highest BCUT2D eigenvalue weighted by Crippen LogP contribution is 2.18. The second kappa shape index (κ2) is 7.67. The summed E-state index contributed by atoms with van der Waals surface area (Å²) in [6.07, 6.45) is 0.614. The number of aromatic nitrogens is 2. The Bertz CT molecular complexity index is 1170. The minimum absolute atomic E-state index is 0.0990. The van der Waals surface area contributed by atoms with Crippen molar-refractivity contribution in [3.05, 3.63) is 69.2 Å². The van der Waals surface area contributed by atoms with Crippen molar-refractivity contribution < 1.29 is 14.3 Å². The van der Waals surface area contributed by atoms with Gasteiger partial charge >= 0.3 is 5.97 Å². The zero-order chi connectivity index (χ0) is 20.5. The molecular weight excluding hydrogens is 394 g/mol. The van der Waals surface area contributed by atoms with Gasteiger partial charge < -0.3 is 10.1 Å². The number of halogens is 1. The number of amides is 1. The molecule has 0 bridgehead atoms. The lowest BCUT2D eigenvalue weighted by Gasteiger charge is -2.14. The molecule has 1 aliphatic heterocycles. The molecule has 1 aromatic heterocycles. The molecule has 0 unspecified atom stereocenters. The molecule has 7 nitrogen and oxygen atoms in total. The lowest BCUT2D eigenvalue weighted by atomic mass is 10.1. The lowest BCUT2D eigenvalue weighted by Crippen LogP contribution is -2.30. The Labute approximate surface area is 171 Å². The maximum atomic E-state index is 12.5. The summed E-state index contributed by atoms with van der Waals surface area (Å²) in [7, 11) is 0. The van der Waals surface area contributed by atoms with Gasteiger partial charge in [-0.1, -0.05) is 11.6 Å². The minimum atomic E-state index is -1.01. The summed E-state index contributed by atoms with van der Waals surface area (Å²) in [4.78, 5) is 41.8. The number of hydrogen-bond donors (Lipinski definition) is 1. The first-order valence-electron chi connectivity index (χ1n) is 9.23. The van der Waals surface area contributed by atoms with Crippen LogP contribution < -0.4 is 10.9 Å². The molecule has 1 N–H and O–H groups in total. The van der Waals surface area contributed by atoms with Gasteiger partial charge in [-0.3, -0.25) is 14.2 Å². The predicted molar refractivity (Wildman–Crippen MR) is 109 cm³/mol. The van der Waals surface area contributed by atoms with Crippen LogP contribution in [0, 0.1) is 0 Å². The monoisotopic (exact) mass is 411 g/mol. The van der Waals surface area contributed by atoms with Gasteiger partial charge in [0.25, 0.3) is 11.5 Å². The largest absolute Gasteiger partial charge is 0.449 e. The molecule has 2 aromatic carbocycles. The van der Waals surface area contributed by atoms with E-state index < -0.39 is 18.0 Å². The van der Waals surface area contributed by atoms with E-state index in [4.69, 9.17) is 16.3 Å². The number of carbonyl (C=O) groups excluding carboxylic acids is 2. The van der Waals surface area contributed by atoms with E-state index in [-0.39, 0.29) is 11.1 Å². The number of rotatable bonds is 4. The third-order valence-electron chi connectivity index (χ3n) is 4.82. The molecule has 2 heterocycles. The molecular formula is C21H18ClN3O4. The van der Waals surface area contributed by atoms with Crippen LogP contribution in [0.25, 0.3) is 10.9 Å². The predicted octanol–water partition coefficient (Wildman–Crippen LogP) is 3.18. The Morgan fingerprint density at radius 1 is 1.21 bits per heavy atom. The molecule has 29 heavy (non-hydrogen) atoms. The third-order valence-corrected chi connectivity index (χ3v) is 5.07. The molecule has 1 aliphatic rings. The van der Waals surface area contributed by atoms with Crippen LogP contribution in [0.15, 0.2) is 47.3 Å². The smallest absolute Gasteiger partial charge is 0.338 e. The van der Waals surface area contributed by atoms with Gasteiger partial charge in [-0.2, -0.15) is 0 Å². The molecule has 0 radical (unpaired) electrons. The number of ether oxygens (including phenoxy) is 1.